The van der Waals surface area contributed by atoms with E-state index in [-0.39, 0.29) is 40.6 Å². The number of carboxylic acid groups (broad SMARTS) is 1. The number of carboxylic acids is 1. The van der Waals surface area contributed by atoms with Crippen LogP contribution in [0.1, 0.15) is 9.27 Å². The topological polar surface area (TPSA) is 37.3 Å². The number of carbonyl (C=O) groups is 1. The van der Waals surface area contributed by atoms with Crippen LogP contribution < -0.4 is 0 Å². The van der Waals surface area contributed by atoms with Gasteiger partial charge in [0.2, 0.25) is 0 Å². The number of hydrogen-bond donors (Lipinski definition) is 1. The first kappa shape index (κ1) is 17.2. The molecule has 1 N–H and O–H groups in total. The van der Waals surface area contributed by atoms with E-state index in [0.717, 1.165) is 5.75 Å². The van der Waals surface area contributed by atoms with Crippen LogP contribution in [0.15, 0.2) is 0 Å². The third-order valence-electron chi connectivity index (χ3n) is 1.62. The molecule has 0 fully saturated rings. The molecule has 0 aliphatic rings. The molecule has 76 valence electrons. The summed E-state index contributed by atoms with van der Waals surface area (Å²) >= 11 is 4.52. The van der Waals surface area contributed by atoms with E-state index < -0.39 is 10.0 Å². The molecule has 6 heteroatoms. The van der Waals surface area contributed by atoms with E-state index >= 15 is 0 Å². The first-order valence-electron chi connectivity index (χ1n) is 3.45. The summed E-state index contributed by atoms with van der Waals surface area (Å²) in [6.07, 6.45) is 6.41. The van der Waals surface area contributed by atoms with Gasteiger partial charge in [0.1, 0.15) is 0 Å². The third-order valence-corrected chi connectivity index (χ3v) is 5.31. The average Bonchev–Trinajstić information content (AvgIpc) is 2.07. The van der Waals surface area contributed by atoms with Crippen LogP contribution in [0, 0.1) is 0 Å². The van der Waals surface area contributed by atoms with Gasteiger partial charge in [-0.25, -0.2) is 4.79 Å². The summed E-state index contributed by atoms with van der Waals surface area (Å²) in [5.41, 5.74) is 0. The average molecular weight is 268 g/mol. The zero-order valence-electron chi connectivity index (χ0n) is 10.2. The molecule has 0 rings (SSSR count). The largest absolute Gasteiger partial charge is 2.00 e. The third kappa shape index (κ3) is 5.42. The molecule has 0 amide bonds. The predicted octanol–water partition coefficient (Wildman–Crippen LogP) is 2.09. The van der Waals surface area contributed by atoms with Crippen molar-refractivity contribution in [2.75, 3.05) is 24.5 Å². The molecule has 0 saturated heterocycles. The van der Waals surface area contributed by atoms with E-state index in [2.05, 4.69) is 0 Å². The maximum Gasteiger partial charge on any atom is 2.00 e. The summed E-state index contributed by atoms with van der Waals surface area (Å²) in [5.74, 6) is 0.185. The number of rotatable bonds is 6. The molecular weight excluding hydrogens is 252 g/mol. The standard InChI is InChI=1S/C7H14O2S3.Ca.2H/c1-10-5-4-7(11-2,12-3)6(8)9;;;/h4-5H2,1-3H3,(H,8,9);;;/q;+2;2*-1. The summed E-state index contributed by atoms with van der Waals surface area (Å²) in [6, 6.07) is 0. The maximum atomic E-state index is 10.9. The molecular formula is C7H16CaO2S3. The van der Waals surface area contributed by atoms with Crippen LogP contribution in [0.5, 0.6) is 0 Å². The van der Waals surface area contributed by atoms with E-state index in [1.807, 2.05) is 18.8 Å². The van der Waals surface area contributed by atoms with E-state index in [1.165, 1.54) is 23.5 Å². The van der Waals surface area contributed by atoms with Gasteiger partial charge >= 0.3 is 43.7 Å². The second-order valence-electron chi connectivity index (χ2n) is 2.21. The summed E-state index contributed by atoms with van der Waals surface area (Å²) in [7, 11) is 0. The van der Waals surface area contributed by atoms with Crippen molar-refractivity contribution in [3.63, 3.8) is 0 Å². The minimum atomic E-state index is -0.712. The zero-order chi connectivity index (χ0) is 9.61. The molecule has 0 spiro atoms. The fraction of sp³-hybridized carbons (Fsp3) is 0.857. The predicted molar refractivity (Wildman–Crippen MR) is 68.4 cm³/mol. The summed E-state index contributed by atoms with van der Waals surface area (Å²) in [4.78, 5) is 10.9. The van der Waals surface area contributed by atoms with Gasteiger partial charge in [-0.2, -0.15) is 11.8 Å². The smallest absolute Gasteiger partial charge is 1.00 e. The minimum Gasteiger partial charge on any atom is -1.00 e. The van der Waals surface area contributed by atoms with Crippen molar-refractivity contribution < 1.29 is 12.8 Å². The van der Waals surface area contributed by atoms with Crippen LogP contribution >= 0.6 is 35.3 Å². The monoisotopic (exact) mass is 268 g/mol. The van der Waals surface area contributed by atoms with Crippen molar-refractivity contribution in [1.82, 2.24) is 0 Å². The van der Waals surface area contributed by atoms with Crippen LogP contribution in [0.25, 0.3) is 0 Å². The van der Waals surface area contributed by atoms with Crippen molar-refractivity contribution in [3.8, 4) is 0 Å². The number of hydrogen-bond acceptors (Lipinski definition) is 4. The molecule has 0 unspecified atom stereocenters. The molecule has 0 aromatic rings. The van der Waals surface area contributed by atoms with Gasteiger partial charge in [-0.1, -0.05) is 0 Å². The normalized spacial score (nSPS) is 10.7. The van der Waals surface area contributed by atoms with Gasteiger partial charge in [0.25, 0.3) is 0 Å². The Morgan fingerprint density at radius 3 is 2.08 bits per heavy atom. The van der Waals surface area contributed by atoms with Gasteiger partial charge in [-0.15, -0.1) is 23.5 Å². The molecule has 0 atom stereocenters. The molecule has 0 aromatic heterocycles. The van der Waals surface area contributed by atoms with Gasteiger partial charge in [0, 0.05) is 0 Å². The fourth-order valence-corrected chi connectivity index (χ4v) is 3.20. The van der Waals surface area contributed by atoms with Crippen LogP contribution in [0.4, 0.5) is 0 Å². The van der Waals surface area contributed by atoms with Gasteiger partial charge in [-0.05, 0) is 30.9 Å². The molecule has 0 heterocycles. The summed E-state index contributed by atoms with van der Waals surface area (Å²) < 4.78 is -0.636. The fourth-order valence-electron chi connectivity index (χ4n) is 0.805. The molecule has 0 bridgehead atoms. The van der Waals surface area contributed by atoms with Gasteiger partial charge in [0.15, 0.2) is 4.08 Å². The Bertz CT molecular complexity index is 159. The van der Waals surface area contributed by atoms with Crippen LogP contribution in [0.2, 0.25) is 0 Å². The summed E-state index contributed by atoms with van der Waals surface area (Å²) in [5, 5.41) is 9.00. The molecule has 13 heavy (non-hydrogen) atoms. The Labute approximate surface area is 125 Å². The first-order valence-corrected chi connectivity index (χ1v) is 7.30. The maximum absolute atomic E-state index is 10.9. The van der Waals surface area contributed by atoms with Gasteiger partial charge in [-0.3, -0.25) is 0 Å². The zero-order valence-corrected chi connectivity index (χ0v) is 12.9. The molecule has 2 nitrogen and oxygen atoms in total. The van der Waals surface area contributed by atoms with E-state index in [9.17, 15) is 4.79 Å². The van der Waals surface area contributed by atoms with Crippen LogP contribution in [-0.2, 0) is 4.79 Å². The Hall–Kier alpha value is 1.78. The van der Waals surface area contributed by atoms with Crippen molar-refractivity contribution in [2.24, 2.45) is 0 Å². The van der Waals surface area contributed by atoms with Crippen molar-refractivity contribution in [1.29, 1.82) is 0 Å². The summed E-state index contributed by atoms with van der Waals surface area (Å²) in [6.45, 7) is 0. The Morgan fingerprint density at radius 1 is 1.38 bits per heavy atom. The minimum absolute atomic E-state index is 0. The molecule has 0 aromatic carbocycles. The molecule has 0 saturated carbocycles. The van der Waals surface area contributed by atoms with E-state index in [4.69, 9.17) is 5.11 Å². The van der Waals surface area contributed by atoms with Crippen molar-refractivity contribution >= 4 is 79.0 Å². The van der Waals surface area contributed by atoms with Crippen molar-refractivity contribution in [3.05, 3.63) is 0 Å². The Morgan fingerprint density at radius 2 is 1.85 bits per heavy atom. The quantitative estimate of drug-likeness (QED) is 0.590. The molecule has 0 radical (unpaired) electrons. The second-order valence-corrected chi connectivity index (χ2v) is 5.66. The van der Waals surface area contributed by atoms with Crippen molar-refractivity contribution in [2.45, 2.75) is 10.5 Å². The van der Waals surface area contributed by atoms with Crippen LogP contribution in [0.3, 0.4) is 0 Å². The SMILES string of the molecule is CSCCC(SC)(SC)C(=O)O.[Ca+2].[H-].[H-]. The Kier molecular flexibility index (Phi) is 11.9. The van der Waals surface area contributed by atoms with Gasteiger partial charge in [0.05, 0.1) is 0 Å². The van der Waals surface area contributed by atoms with Crippen LogP contribution in [-0.4, -0.2) is 77.4 Å². The van der Waals surface area contributed by atoms with E-state index in [0.29, 0.717) is 6.42 Å². The van der Waals surface area contributed by atoms with Gasteiger partial charge < -0.3 is 7.96 Å². The Balaban J connectivity index is -0.000000202. The second kappa shape index (κ2) is 9.04. The molecule has 0 aliphatic carbocycles. The molecule has 0 aliphatic heterocycles. The number of thioether (sulfide) groups is 3. The van der Waals surface area contributed by atoms with E-state index in [1.54, 1.807) is 11.8 Å². The first-order chi connectivity index (χ1) is 5.63. The number of aliphatic carboxylic acids is 1.